The number of fused-ring (bicyclic) bond motifs is 2. The number of benzene rings is 1. The highest BCUT2D eigenvalue weighted by molar-refractivity contribution is 5.50. The van der Waals surface area contributed by atoms with Crippen LogP contribution in [0.5, 0.6) is 5.75 Å². The topological polar surface area (TPSA) is 16.9 Å². The number of allylic oxidation sites excluding steroid dienone is 2. The summed E-state index contributed by atoms with van der Waals surface area (Å²) in [4.78, 5) is 4.32. The monoisotopic (exact) mass is 299 g/mol. The Labute approximate surface area is 133 Å². The smallest absolute Gasteiger partial charge is 0.120 e. The van der Waals surface area contributed by atoms with Gasteiger partial charge in [-0.15, -0.1) is 0 Å². The molecule has 3 aliphatic rings. The summed E-state index contributed by atoms with van der Waals surface area (Å²) in [5.74, 6) is 3.72. The van der Waals surface area contributed by atoms with Gasteiger partial charge in [0.05, 0.1) is 39.8 Å². The molecule has 1 saturated heterocycles. The van der Waals surface area contributed by atoms with Crippen molar-refractivity contribution in [3.05, 3.63) is 36.4 Å². The fourth-order valence-corrected chi connectivity index (χ4v) is 4.59. The van der Waals surface area contributed by atoms with E-state index in [9.17, 15) is 0 Å². The minimum Gasteiger partial charge on any atom is -0.497 e. The van der Waals surface area contributed by atoms with Crippen molar-refractivity contribution in [3.63, 3.8) is 0 Å². The molecule has 3 atom stereocenters. The Morgan fingerprint density at radius 1 is 1.18 bits per heavy atom. The van der Waals surface area contributed by atoms with Gasteiger partial charge in [-0.1, -0.05) is 18.2 Å². The van der Waals surface area contributed by atoms with Crippen LogP contribution in [0.3, 0.4) is 0 Å². The number of ether oxygens (including phenoxy) is 1. The van der Waals surface area contributed by atoms with Gasteiger partial charge in [0.1, 0.15) is 5.75 Å². The SMILES string of the molecule is COc1cccc(N2CC[NH+](C[C@@H]3C[C@H]4C=C[C@@H]3C4)CC2)c1. The summed E-state index contributed by atoms with van der Waals surface area (Å²) in [6.45, 7) is 6.26. The second-order valence-corrected chi connectivity index (χ2v) is 7.18. The van der Waals surface area contributed by atoms with E-state index >= 15 is 0 Å². The Bertz CT molecular complexity index is 548. The average molecular weight is 299 g/mol. The molecule has 22 heavy (non-hydrogen) atoms. The summed E-state index contributed by atoms with van der Waals surface area (Å²) in [6.07, 6.45) is 7.83. The van der Waals surface area contributed by atoms with E-state index in [1.807, 2.05) is 11.0 Å². The van der Waals surface area contributed by atoms with Crippen molar-refractivity contribution in [1.82, 2.24) is 0 Å². The van der Waals surface area contributed by atoms with Crippen LogP contribution < -0.4 is 14.5 Å². The lowest BCUT2D eigenvalue weighted by Crippen LogP contribution is -3.15. The zero-order valence-corrected chi connectivity index (χ0v) is 13.5. The molecule has 1 saturated carbocycles. The lowest BCUT2D eigenvalue weighted by Gasteiger charge is -2.35. The van der Waals surface area contributed by atoms with Crippen LogP contribution in [0.1, 0.15) is 12.8 Å². The van der Waals surface area contributed by atoms with Gasteiger partial charge in [0, 0.05) is 17.7 Å². The number of hydrogen-bond acceptors (Lipinski definition) is 2. The van der Waals surface area contributed by atoms with Gasteiger partial charge in [-0.05, 0) is 36.8 Å². The molecule has 0 aromatic heterocycles. The molecule has 1 aliphatic heterocycles. The second-order valence-electron chi connectivity index (χ2n) is 7.18. The summed E-state index contributed by atoms with van der Waals surface area (Å²) in [6, 6.07) is 8.47. The normalized spacial score (nSPS) is 31.0. The Hall–Kier alpha value is -1.48. The quantitative estimate of drug-likeness (QED) is 0.851. The Kier molecular flexibility index (Phi) is 3.83. The van der Waals surface area contributed by atoms with Crippen molar-refractivity contribution < 1.29 is 9.64 Å². The fraction of sp³-hybridized carbons (Fsp3) is 0.579. The molecule has 2 bridgehead atoms. The first kappa shape index (κ1) is 14.1. The Balaban J connectivity index is 1.31. The summed E-state index contributed by atoms with van der Waals surface area (Å²) >= 11 is 0. The summed E-state index contributed by atoms with van der Waals surface area (Å²) in [5.41, 5.74) is 1.31. The predicted octanol–water partition coefficient (Wildman–Crippen LogP) is 1.61. The van der Waals surface area contributed by atoms with Crippen LogP contribution in [0.15, 0.2) is 36.4 Å². The molecule has 1 heterocycles. The summed E-state index contributed by atoms with van der Waals surface area (Å²) in [7, 11) is 1.74. The molecule has 3 heteroatoms. The molecule has 0 amide bonds. The van der Waals surface area contributed by atoms with Gasteiger partial charge in [-0.3, -0.25) is 0 Å². The van der Waals surface area contributed by atoms with Gasteiger partial charge in [-0.2, -0.15) is 0 Å². The van der Waals surface area contributed by atoms with E-state index in [0.29, 0.717) is 0 Å². The average Bonchev–Trinajstić information content (AvgIpc) is 3.18. The third-order valence-corrected chi connectivity index (χ3v) is 5.86. The van der Waals surface area contributed by atoms with Gasteiger partial charge in [0.15, 0.2) is 0 Å². The van der Waals surface area contributed by atoms with Crippen LogP contribution in [-0.4, -0.2) is 39.8 Å². The van der Waals surface area contributed by atoms with E-state index in [1.54, 1.807) is 7.11 Å². The number of anilines is 1. The van der Waals surface area contributed by atoms with Crippen molar-refractivity contribution in [2.75, 3.05) is 44.7 Å². The van der Waals surface area contributed by atoms with Crippen LogP contribution in [0.4, 0.5) is 5.69 Å². The molecule has 2 aliphatic carbocycles. The number of nitrogens with zero attached hydrogens (tertiary/aromatic N) is 1. The van der Waals surface area contributed by atoms with Crippen LogP contribution in [0.2, 0.25) is 0 Å². The van der Waals surface area contributed by atoms with E-state index < -0.39 is 0 Å². The first-order valence-electron chi connectivity index (χ1n) is 8.73. The molecule has 2 fully saturated rings. The molecule has 3 nitrogen and oxygen atoms in total. The molecule has 1 aromatic rings. The summed E-state index contributed by atoms with van der Waals surface area (Å²) in [5, 5.41) is 0. The van der Waals surface area contributed by atoms with Crippen molar-refractivity contribution in [1.29, 1.82) is 0 Å². The number of quaternary nitrogens is 1. The van der Waals surface area contributed by atoms with E-state index in [0.717, 1.165) is 23.5 Å². The van der Waals surface area contributed by atoms with Crippen molar-refractivity contribution >= 4 is 5.69 Å². The Morgan fingerprint density at radius 3 is 2.73 bits per heavy atom. The largest absolute Gasteiger partial charge is 0.497 e. The lowest BCUT2D eigenvalue weighted by molar-refractivity contribution is -0.904. The van der Waals surface area contributed by atoms with Crippen LogP contribution >= 0.6 is 0 Å². The summed E-state index contributed by atoms with van der Waals surface area (Å²) < 4.78 is 5.35. The minimum atomic E-state index is 0.897. The van der Waals surface area contributed by atoms with Gasteiger partial charge in [0.25, 0.3) is 0 Å². The van der Waals surface area contributed by atoms with Crippen LogP contribution in [-0.2, 0) is 0 Å². The Morgan fingerprint density at radius 2 is 2.05 bits per heavy atom. The first-order chi connectivity index (χ1) is 10.8. The molecule has 0 radical (unpaired) electrons. The van der Waals surface area contributed by atoms with Gasteiger partial charge in [0.2, 0.25) is 0 Å². The standard InChI is InChI=1S/C19H26N2O/c1-22-19-4-2-3-18(13-19)21-9-7-20(8-10-21)14-17-12-15-5-6-16(17)11-15/h2-6,13,15-17H,7-12,14H2,1H3/p+1/t15-,16+,17-/m0/s1. The highest BCUT2D eigenvalue weighted by Gasteiger charge is 2.38. The number of hydrogen-bond donors (Lipinski definition) is 1. The van der Waals surface area contributed by atoms with E-state index in [2.05, 4.69) is 35.3 Å². The molecule has 0 unspecified atom stereocenters. The predicted molar refractivity (Wildman–Crippen MR) is 89.6 cm³/mol. The van der Waals surface area contributed by atoms with Gasteiger partial charge in [-0.25, -0.2) is 0 Å². The molecular formula is C19H27N2O+. The maximum absolute atomic E-state index is 5.35. The molecule has 0 spiro atoms. The third kappa shape index (κ3) is 2.74. The molecule has 1 aromatic carbocycles. The maximum Gasteiger partial charge on any atom is 0.120 e. The van der Waals surface area contributed by atoms with Crippen molar-refractivity contribution in [2.24, 2.45) is 17.8 Å². The number of rotatable bonds is 4. The zero-order chi connectivity index (χ0) is 14.9. The van der Waals surface area contributed by atoms with E-state index in [4.69, 9.17) is 4.74 Å². The lowest BCUT2D eigenvalue weighted by atomic mass is 9.93. The zero-order valence-electron chi connectivity index (χ0n) is 13.5. The minimum absolute atomic E-state index is 0.897. The molecule has 4 rings (SSSR count). The van der Waals surface area contributed by atoms with Crippen LogP contribution in [0.25, 0.3) is 0 Å². The molecule has 1 N–H and O–H groups in total. The second kappa shape index (κ2) is 5.96. The fourth-order valence-electron chi connectivity index (χ4n) is 4.59. The third-order valence-electron chi connectivity index (χ3n) is 5.86. The molecular weight excluding hydrogens is 272 g/mol. The first-order valence-corrected chi connectivity index (χ1v) is 8.73. The molecule has 118 valence electrons. The van der Waals surface area contributed by atoms with Crippen LogP contribution in [0, 0.1) is 17.8 Å². The van der Waals surface area contributed by atoms with Gasteiger partial charge < -0.3 is 14.5 Å². The number of piperazine rings is 1. The van der Waals surface area contributed by atoms with E-state index in [1.165, 1.54) is 51.3 Å². The maximum atomic E-state index is 5.35. The number of nitrogens with one attached hydrogen (secondary N) is 1. The van der Waals surface area contributed by atoms with E-state index in [-0.39, 0.29) is 0 Å². The highest BCUT2D eigenvalue weighted by atomic mass is 16.5. The van der Waals surface area contributed by atoms with Gasteiger partial charge >= 0.3 is 0 Å². The highest BCUT2D eigenvalue weighted by Crippen LogP contribution is 2.42. The van der Waals surface area contributed by atoms with Crippen molar-refractivity contribution in [3.8, 4) is 5.75 Å². The van der Waals surface area contributed by atoms with Crippen molar-refractivity contribution in [2.45, 2.75) is 12.8 Å². The number of methoxy groups -OCH3 is 1.